The molecular formula is C74H134O6. The molecule has 0 fully saturated rings. The maximum atomic E-state index is 12.9. The van der Waals surface area contributed by atoms with Gasteiger partial charge >= 0.3 is 17.9 Å². The highest BCUT2D eigenvalue weighted by Crippen LogP contribution is 2.18. The van der Waals surface area contributed by atoms with Gasteiger partial charge in [-0.15, -0.1) is 0 Å². The highest BCUT2D eigenvalue weighted by Gasteiger charge is 2.19. The smallest absolute Gasteiger partial charge is 0.306 e. The second kappa shape index (κ2) is 68.6. The molecule has 0 heterocycles. The van der Waals surface area contributed by atoms with Crippen LogP contribution in [0.3, 0.4) is 0 Å². The summed E-state index contributed by atoms with van der Waals surface area (Å²) in [6.45, 7) is 6.64. The SMILES string of the molecule is CCCCC/C=C\CCCCCCCC(=O)OCC(COC(=O)CCCCCCCCCCCCCCCCCCC/C=C\CCCCCCCCCC)OC(=O)CCCCCCCC/C=C\C/C=C\C/C=C\CCCCCCC. The Labute approximate surface area is 498 Å². The van der Waals surface area contributed by atoms with E-state index in [0.717, 1.165) is 89.9 Å². The first-order chi connectivity index (χ1) is 39.5. The number of carbonyl (C=O) groups is 3. The zero-order valence-electron chi connectivity index (χ0n) is 53.6. The van der Waals surface area contributed by atoms with Crippen LogP contribution in [-0.4, -0.2) is 37.2 Å². The van der Waals surface area contributed by atoms with Crippen LogP contribution >= 0.6 is 0 Å². The highest BCUT2D eigenvalue weighted by molar-refractivity contribution is 5.71. The summed E-state index contributed by atoms with van der Waals surface area (Å²) in [5, 5.41) is 0. The molecule has 1 unspecified atom stereocenters. The Hall–Kier alpha value is -2.89. The van der Waals surface area contributed by atoms with E-state index in [4.69, 9.17) is 14.2 Å². The molecule has 0 bridgehead atoms. The molecule has 0 aromatic carbocycles. The minimum Gasteiger partial charge on any atom is -0.462 e. The van der Waals surface area contributed by atoms with Gasteiger partial charge in [-0.2, -0.15) is 0 Å². The average Bonchev–Trinajstić information content (AvgIpc) is 3.46. The van der Waals surface area contributed by atoms with Gasteiger partial charge < -0.3 is 14.2 Å². The molecule has 0 aromatic heterocycles. The van der Waals surface area contributed by atoms with E-state index in [9.17, 15) is 14.4 Å². The minimum atomic E-state index is -0.785. The minimum absolute atomic E-state index is 0.0793. The van der Waals surface area contributed by atoms with Crippen LogP contribution in [0.5, 0.6) is 0 Å². The van der Waals surface area contributed by atoms with E-state index < -0.39 is 6.10 Å². The second-order valence-corrected chi connectivity index (χ2v) is 23.8. The summed E-state index contributed by atoms with van der Waals surface area (Å²) in [4.78, 5) is 38.4. The lowest BCUT2D eigenvalue weighted by molar-refractivity contribution is -0.167. The molecule has 0 aliphatic rings. The summed E-state index contributed by atoms with van der Waals surface area (Å²) in [6.07, 6.45) is 88.3. The number of hydrogen-bond donors (Lipinski definition) is 0. The predicted molar refractivity (Wildman–Crippen MR) is 348 cm³/mol. The summed E-state index contributed by atoms with van der Waals surface area (Å²) in [6, 6.07) is 0. The van der Waals surface area contributed by atoms with Gasteiger partial charge in [-0.3, -0.25) is 14.4 Å². The third-order valence-corrected chi connectivity index (χ3v) is 15.7. The molecule has 0 rings (SSSR count). The molecule has 466 valence electrons. The largest absolute Gasteiger partial charge is 0.462 e. The number of hydrogen-bond acceptors (Lipinski definition) is 6. The quantitative estimate of drug-likeness (QED) is 0.0261. The van der Waals surface area contributed by atoms with Crippen molar-refractivity contribution in [3.63, 3.8) is 0 Å². The average molecular weight is 1120 g/mol. The van der Waals surface area contributed by atoms with Crippen molar-refractivity contribution in [3.8, 4) is 0 Å². The van der Waals surface area contributed by atoms with E-state index >= 15 is 0 Å². The van der Waals surface area contributed by atoms with Crippen LogP contribution in [0.25, 0.3) is 0 Å². The second-order valence-electron chi connectivity index (χ2n) is 23.8. The molecule has 0 N–H and O–H groups in total. The van der Waals surface area contributed by atoms with Crippen LogP contribution in [0.2, 0.25) is 0 Å². The van der Waals surface area contributed by atoms with Crippen molar-refractivity contribution in [1.29, 1.82) is 0 Å². The van der Waals surface area contributed by atoms with Crippen molar-refractivity contribution >= 4 is 17.9 Å². The molecule has 0 saturated carbocycles. The van der Waals surface area contributed by atoms with E-state index in [-0.39, 0.29) is 31.1 Å². The highest BCUT2D eigenvalue weighted by atomic mass is 16.6. The van der Waals surface area contributed by atoms with E-state index in [0.29, 0.717) is 19.3 Å². The molecule has 1 atom stereocenters. The fraction of sp³-hybridized carbons (Fsp3) is 0.824. The number of carbonyl (C=O) groups excluding carboxylic acids is 3. The lowest BCUT2D eigenvalue weighted by atomic mass is 10.0. The van der Waals surface area contributed by atoms with Crippen LogP contribution in [0, 0.1) is 0 Å². The topological polar surface area (TPSA) is 78.9 Å². The molecule has 0 radical (unpaired) electrons. The first kappa shape index (κ1) is 77.1. The fourth-order valence-corrected chi connectivity index (χ4v) is 10.4. The van der Waals surface area contributed by atoms with Gasteiger partial charge in [-0.05, 0) is 109 Å². The maximum absolute atomic E-state index is 12.9. The summed E-state index contributed by atoms with van der Waals surface area (Å²) >= 11 is 0. The van der Waals surface area contributed by atoms with Gasteiger partial charge in [0.05, 0.1) is 0 Å². The van der Waals surface area contributed by atoms with Gasteiger partial charge in [0.1, 0.15) is 13.2 Å². The Balaban J connectivity index is 4.21. The Morgan fingerprint density at radius 1 is 0.250 bits per heavy atom. The van der Waals surface area contributed by atoms with Gasteiger partial charge in [0.15, 0.2) is 6.10 Å². The Bertz CT molecular complexity index is 1430. The lowest BCUT2D eigenvalue weighted by Gasteiger charge is -2.18. The monoisotopic (exact) mass is 1120 g/mol. The van der Waals surface area contributed by atoms with Crippen molar-refractivity contribution in [2.24, 2.45) is 0 Å². The number of esters is 3. The Kier molecular flexibility index (Phi) is 66.1. The van der Waals surface area contributed by atoms with Crippen LogP contribution in [0.15, 0.2) is 60.8 Å². The third kappa shape index (κ3) is 65.9. The molecule has 0 aliphatic heterocycles. The molecule has 0 amide bonds. The van der Waals surface area contributed by atoms with Gasteiger partial charge in [0, 0.05) is 19.3 Å². The summed E-state index contributed by atoms with van der Waals surface area (Å²) in [7, 11) is 0. The molecular weight excluding hydrogens is 985 g/mol. The predicted octanol–water partition coefficient (Wildman–Crippen LogP) is 24.3. The first-order valence-electron chi connectivity index (χ1n) is 35.3. The molecule has 0 aromatic rings. The van der Waals surface area contributed by atoms with Crippen LogP contribution in [-0.2, 0) is 28.6 Å². The van der Waals surface area contributed by atoms with Crippen molar-refractivity contribution in [1.82, 2.24) is 0 Å². The Morgan fingerprint density at radius 2 is 0.450 bits per heavy atom. The summed E-state index contributed by atoms with van der Waals surface area (Å²) in [5.74, 6) is -0.882. The number of ether oxygens (including phenoxy) is 3. The zero-order valence-corrected chi connectivity index (χ0v) is 53.6. The Morgan fingerprint density at radius 3 is 0.738 bits per heavy atom. The first-order valence-corrected chi connectivity index (χ1v) is 35.3. The van der Waals surface area contributed by atoms with Crippen LogP contribution in [0.4, 0.5) is 0 Å². The van der Waals surface area contributed by atoms with Crippen molar-refractivity contribution < 1.29 is 28.6 Å². The molecule has 0 spiro atoms. The van der Waals surface area contributed by atoms with Gasteiger partial charge in [0.25, 0.3) is 0 Å². The standard InChI is InChI=1S/C74H134O6/c1-4-7-10-13-16-19-22-25-27-29-31-33-34-35-36-37-38-39-40-42-43-45-47-49-52-55-58-61-64-67-73(76)79-70-71(69-78-72(75)66-63-60-57-54-51-24-21-18-15-12-9-6-3)80-74(77)68-65-62-59-56-53-50-48-46-44-41-32-30-28-26-23-20-17-14-11-8-5-2/h18,21,23,26,29-32,44,46,71H,4-17,19-20,22,24-25,27-28,33-43,45,47-70H2,1-3H3/b21-18-,26-23-,31-29-,32-30-,46-44-. The van der Waals surface area contributed by atoms with Crippen molar-refractivity contribution in [2.45, 2.75) is 380 Å². The number of allylic oxidation sites excluding steroid dienone is 10. The summed E-state index contributed by atoms with van der Waals surface area (Å²) in [5.41, 5.74) is 0. The third-order valence-electron chi connectivity index (χ3n) is 15.7. The van der Waals surface area contributed by atoms with Gasteiger partial charge in [0.2, 0.25) is 0 Å². The fourth-order valence-electron chi connectivity index (χ4n) is 10.4. The molecule has 80 heavy (non-hydrogen) atoms. The normalized spacial score (nSPS) is 12.4. The van der Waals surface area contributed by atoms with E-state index in [1.807, 2.05) is 0 Å². The molecule has 6 heteroatoms. The number of rotatable bonds is 65. The zero-order chi connectivity index (χ0) is 57.8. The maximum Gasteiger partial charge on any atom is 0.306 e. The van der Waals surface area contributed by atoms with Gasteiger partial charge in [-0.25, -0.2) is 0 Å². The summed E-state index contributed by atoms with van der Waals surface area (Å²) < 4.78 is 16.9. The van der Waals surface area contributed by atoms with Crippen LogP contribution < -0.4 is 0 Å². The number of unbranched alkanes of at least 4 members (excludes halogenated alkanes) is 44. The molecule has 0 saturated heterocycles. The molecule has 0 aliphatic carbocycles. The van der Waals surface area contributed by atoms with E-state index in [1.54, 1.807) is 0 Å². The van der Waals surface area contributed by atoms with Gasteiger partial charge in [-0.1, -0.05) is 306 Å². The van der Waals surface area contributed by atoms with Crippen molar-refractivity contribution in [2.75, 3.05) is 13.2 Å². The van der Waals surface area contributed by atoms with E-state index in [1.165, 1.54) is 244 Å². The molecule has 6 nitrogen and oxygen atoms in total. The van der Waals surface area contributed by atoms with Crippen molar-refractivity contribution in [3.05, 3.63) is 60.8 Å². The van der Waals surface area contributed by atoms with E-state index in [2.05, 4.69) is 81.5 Å². The lowest BCUT2D eigenvalue weighted by Crippen LogP contribution is -2.30. The van der Waals surface area contributed by atoms with Crippen LogP contribution in [0.1, 0.15) is 374 Å².